The topological polar surface area (TPSA) is 79.0 Å². The Morgan fingerprint density at radius 2 is 1.69 bits per heavy atom. The van der Waals surface area contributed by atoms with Gasteiger partial charge >= 0.3 is 0 Å². The first-order valence-electron chi connectivity index (χ1n) is 10.8. The highest BCUT2D eigenvalue weighted by Gasteiger charge is 2.24. The van der Waals surface area contributed by atoms with Crippen LogP contribution in [-0.4, -0.2) is 46.5 Å². The van der Waals surface area contributed by atoms with Gasteiger partial charge in [-0.25, -0.2) is 8.42 Å². The summed E-state index contributed by atoms with van der Waals surface area (Å²) >= 11 is 0. The van der Waals surface area contributed by atoms with Gasteiger partial charge in [0, 0.05) is 44.0 Å². The van der Waals surface area contributed by atoms with E-state index >= 15 is 0 Å². The maximum Gasteiger partial charge on any atom is 0.261 e. The van der Waals surface area contributed by atoms with Crippen molar-refractivity contribution < 1.29 is 17.9 Å². The van der Waals surface area contributed by atoms with Crippen LogP contribution in [0.4, 0.5) is 11.4 Å². The minimum absolute atomic E-state index is 0.0690. The molecule has 0 aliphatic rings. The molecule has 1 atom stereocenters. The van der Waals surface area contributed by atoms with E-state index in [2.05, 4.69) is 11.6 Å². The van der Waals surface area contributed by atoms with Gasteiger partial charge in [0.15, 0.2) is 0 Å². The van der Waals surface area contributed by atoms with E-state index in [4.69, 9.17) is 4.74 Å². The van der Waals surface area contributed by atoms with Crippen LogP contribution in [0.1, 0.15) is 39.7 Å². The number of ether oxygens (including phenoxy) is 1. The number of benzene rings is 2. The van der Waals surface area contributed by atoms with Crippen molar-refractivity contribution in [3.8, 4) is 5.75 Å². The summed E-state index contributed by atoms with van der Waals surface area (Å²) in [7, 11) is 1.62. The van der Waals surface area contributed by atoms with Crippen LogP contribution < -0.4 is 14.4 Å². The zero-order chi connectivity index (χ0) is 24.1. The van der Waals surface area contributed by atoms with Gasteiger partial charge < -0.3 is 14.5 Å². The van der Waals surface area contributed by atoms with Crippen molar-refractivity contribution in [3.05, 3.63) is 48.0 Å². The molecular weight excluding hydrogens is 426 g/mol. The Morgan fingerprint density at radius 3 is 2.19 bits per heavy atom. The molecule has 176 valence electrons. The van der Waals surface area contributed by atoms with E-state index in [0.717, 1.165) is 17.7 Å². The molecule has 7 nitrogen and oxygen atoms in total. The Bertz CT molecular complexity index is 1020. The lowest BCUT2D eigenvalue weighted by atomic mass is 10.1. The molecule has 2 aromatic rings. The summed E-state index contributed by atoms with van der Waals surface area (Å²) < 4.78 is 33.5. The molecule has 0 saturated carbocycles. The molecule has 2 rings (SSSR count). The normalized spacial score (nSPS) is 12.4. The molecule has 0 fully saturated rings. The molecule has 0 heterocycles. The van der Waals surface area contributed by atoms with Gasteiger partial charge in [0.1, 0.15) is 5.75 Å². The number of anilines is 2. The van der Waals surface area contributed by atoms with E-state index < -0.39 is 10.0 Å². The Labute approximate surface area is 192 Å². The predicted molar refractivity (Wildman–Crippen MR) is 130 cm³/mol. The summed E-state index contributed by atoms with van der Waals surface area (Å²) in [4.78, 5) is 16.9. The van der Waals surface area contributed by atoms with E-state index in [1.807, 2.05) is 50.7 Å². The number of methoxy groups -OCH3 is 1. The highest BCUT2D eigenvalue weighted by molar-refractivity contribution is 7.92. The quantitative estimate of drug-likeness (QED) is 0.569. The minimum Gasteiger partial charge on any atom is -0.497 e. The number of nitrogens with one attached hydrogen (secondary N) is 1. The van der Waals surface area contributed by atoms with Gasteiger partial charge in [0.2, 0.25) is 5.91 Å². The Balaban J connectivity index is 2.40. The maximum atomic E-state index is 12.9. The monoisotopic (exact) mass is 461 g/mol. The highest BCUT2D eigenvalue weighted by Crippen LogP contribution is 2.28. The van der Waals surface area contributed by atoms with Gasteiger partial charge in [-0.05, 0) is 61.4 Å². The van der Waals surface area contributed by atoms with Crippen LogP contribution >= 0.6 is 0 Å². The standard InChI is InChI=1S/C24H35N3O4S/c1-8-18(4)27(24(28)17(2)3)16-19-15-20(9-14-23(19)26(5)6)25-32(29,30)22-12-10-21(31-7)11-13-22/h9-15,17-18,25H,8,16H2,1-7H3/t18-/m0/s1. The summed E-state index contributed by atoms with van der Waals surface area (Å²) in [6.45, 7) is 8.27. The van der Waals surface area contributed by atoms with E-state index in [1.54, 1.807) is 24.3 Å². The van der Waals surface area contributed by atoms with E-state index in [-0.39, 0.29) is 22.8 Å². The fourth-order valence-corrected chi connectivity index (χ4v) is 4.42. The van der Waals surface area contributed by atoms with E-state index in [9.17, 15) is 13.2 Å². The number of hydrogen-bond acceptors (Lipinski definition) is 5. The average Bonchev–Trinajstić information content (AvgIpc) is 2.76. The van der Waals surface area contributed by atoms with Gasteiger partial charge in [-0.1, -0.05) is 20.8 Å². The molecule has 2 aromatic carbocycles. The van der Waals surface area contributed by atoms with Crippen LogP contribution in [0.2, 0.25) is 0 Å². The third-order valence-corrected chi connectivity index (χ3v) is 6.82. The van der Waals surface area contributed by atoms with Gasteiger partial charge in [-0.15, -0.1) is 0 Å². The van der Waals surface area contributed by atoms with E-state index in [1.165, 1.54) is 19.2 Å². The number of rotatable bonds is 10. The summed E-state index contributed by atoms with van der Waals surface area (Å²) in [6, 6.07) is 11.7. The molecule has 0 radical (unpaired) electrons. The number of sulfonamides is 1. The van der Waals surface area contributed by atoms with Crippen LogP contribution in [-0.2, 0) is 21.4 Å². The summed E-state index contributed by atoms with van der Waals surface area (Å²) in [5.74, 6) is 0.540. The van der Waals surface area contributed by atoms with Crippen molar-refractivity contribution in [2.45, 2.75) is 51.6 Å². The Hall–Kier alpha value is -2.74. The predicted octanol–water partition coefficient (Wildman–Crippen LogP) is 4.35. The van der Waals surface area contributed by atoms with Crippen molar-refractivity contribution in [2.24, 2.45) is 5.92 Å². The second kappa shape index (κ2) is 10.7. The molecule has 0 bridgehead atoms. The minimum atomic E-state index is -3.77. The summed E-state index contributed by atoms with van der Waals surface area (Å²) in [6.07, 6.45) is 0.833. The third kappa shape index (κ3) is 6.16. The molecule has 0 aliphatic heterocycles. The molecule has 0 spiro atoms. The second-order valence-corrected chi connectivity index (χ2v) is 10.1. The van der Waals surface area contributed by atoms with Crippen LogP contribution in [0.15, 0.2) is 47.4 Å². The molecule has 8 heteroatoms. The summed E-state index contributed by atoms with van der Waals surface area (Å²) in [5, 5.41) is 0. The lowest BCUT2D eigenvalue weighted by Gasteiger charge is -2.32. The van der Waals surface area contributed by atoms with Gasteiger partial charge in [-0.2, -0.15) is 0 Å². The Morgan fingerprint density at radius 1 is 1.06 bits per heavy atom. The first-order valence-corrected chi connectivity index (χ1v) is 12.3. The number of nitrogens with zero attached hydrogens (tertiary/aromatic N) is 2. The van der Waals surface area contributed by atoms with Crippen LogP contribution in [0.3, 0.4) is 0 Å². The fraction of sp³-hybridized carbons (Fsp3) is 0.458. The lowest BCUT2D eigenvalue weighted by molar-refractivity contribution is -0.137. The number of amides is 1. The van der Waals surface area contributed by atoms with Crippen LogP contribution in [0.25, 0.3) is 0 Å². The largest absolute Gasteiger partial charge is 0.497 e. The Kier molecular flexibility index (Phi) is 8.55. The molecule has 0 unspecified atom stereocenters. The zero-order valence-electron chi connectivity index (χ0n) is 20.0. The maximum absolute atomic E-state index is 12.9. The lowest BCUT2D eigenvalue weighted by Crippen LogP contribution is -2.40. The molecule has 0 aromatic heterocycles. The highest BCUT2D eigenvalue weighted by atomic mass is 32.2. The molecule has 32 heavy (non-hydrogen) atoms. The fourth-order valence-electron chi connectivity index (χ4n) is 3.37. The molecule has 1 N–H and O–H groups in total. The number of hydrogen-bond donors (Lipinski definition) is 1. The average molecular weight is 462 g/mol. The van der Waals surface area contributed by atoms with Crippen molar-refractivity contribution in [1.29, 1.82) is 0 Å². The number of carbonyl (C=O) groups excluding carboxylic acids is 1. The van der Waals surface area contributed by atoms with Crippen LogP contribution in [0.5, 0.6) is 5.75 Å². The van der Waals surface area contributed by atoms with Gasteiger partial charge in [0.25, 0.3) is 10.0 Å². The molecule has 0 saturated heterocycles. The second-order valence-electron chi connectivity index (χ2n) is 8.40. The molecule has 1 amide bonds. The van der Waals surface area contributed by atoms with Crippen molar-refractivity contribution in [1.82, 2.24) is 4.90 Å². The zero-order valence-corrected chi connectivity index (χ0v) is 20.9. The third-order valence-electron chi connectivity index (χ3n) is 5.42. The van der Waals surface area contributed by atoms with Crippen LogP contribution in [0, 0.1) is 5.92 Å². The smallest absolute Gasteiger partial charge is 0.261 e. The first kappa shape index (κ1) is 25.5. The van der Waals surface area contributed by atoms with Gasteiger partial charge in [0.05, 0.1) is 12.0 Å². The van der Waals surface area contributed by atoms with Crippen molar-refractivity contribution >= 4 is 27.3 Å². The van der Waals surface area contributed by atoms with Crippen molar-refractivity contribution in [2.75, 3.05) is 30.8 Å². The molecular formula is C24H35N3O4S. The summed E-state index contributed by atoms with van der Waals surface area (Å²) in [5.41, 5.74) is 2.25. The molecule has 0 aliphatic carbocycles. The first-order chi connectivity index (χ1) is 15.0. The van der Waals surface area contributed by atoms with Gasteiger partial charge in [-0.3, -0.25) is 9.52 Å². The van der Waals surface area contributed by atoms with E-state index in [0.29, 0.717) is 18.0 Å². The number of carbonyl (C=O) groups is 1. The SMILES string of the molecule is CC[C@H](C)N(Cc1cc(NS(=O)(=O)c2ccc(OC)cc2)ccc1N(C)C)C(=O)C(C)C. The van der Waals surface area contributed by atoms with Crippen molar-refractivity contribution in [3.63, 3.8) is 0 Å².